The number of rotatable bonds is 5. The van der Waals surface area contributed by atoms with Crippen LogP contribution in [0.25, 0.3) is 0 Å². The average Bonchev–Trinajstić information content (AvgIpc) is 2.73. The lowest BCUT2D eigenvalue weighted by Gasteiger charge is -2.03. The maximum absolute atomic E-state index is 12.2. The van der Waals surface area contributed by atoms with Crippen LogP contribution in [-0.4, -0.2) is 25.7 Å². The Balaban J connectivity index is 2.27. The minimum absolute atomic E-state index is 0.212. The van der Waals surface area contributed by atoms with Crippen LogP contribution in [0.15, 0.2) is 28.6 Å². The zero-order valence-corrected chi connectivity index (χ0v) is 12.2. The van der Waals surface area contributed by atoms with Gasteiger partial charge in [0.25, 0.3) is 10.0 Å². The van der Waals surface area contributed by atoms with Crippen molar-refractivity contribution in [3.05, 3.63) is 34.8 Å². The lowest BCUT2D eigenvalue weighted by Crippen LogP contribution is -2.12. The van der Waals surface area contributed by atoms with Gasteiger partial charge in [-0.2, -0.15) is 5.10 Å². The van der Waals surface area contributed by atoms with Crippen molar-refractivity contribution in [3.8, 4) is 0 Å². The molecule has 0 radical (unpaired) electrons. The van der Waals surface area contributed by atoms with Gasteiger partial charge in [-0.15, -0.1) is 16.4 Å². The molecule has 0 saturated carbocycles. The second kappa shape index (κ2) is 5.64. The predicted octanol–water partition coefficient (Wildman–Crippen LogP) is 1.37. The highest BCUT2D eigenvalue weighted by Gasteiger charge is 2.19. The van der Waals surface area contributed by atoms with Crippen molar-refractivity contribution in [1.29, 1.82) is 0 Å². The van der Waals surface area contributed by atoms with Gasteiger partial charge in [-0.25, -0.2) is 8.42 Å². The third kappa shape index (κ3) is 3.28. The fourth-order valence-electron chi connectivity index (χ4n) is 1.50. The Morgan fingerprint density at radius 2 is 2.21 bits per heavy atom. The number of aryl methyl sites for hydroxylation is 1. The number of sulfonamides is 1. The van der Waals surface area contributed by atoms with Crippen LogP contribution in [0.4, 0.5) is 5.82 Å². The van der Waals surface area contributed by atoms with E-state index >= 15 is 0 Å². The Morgan fingerprint density at radius 3 is 2.84 bits per heavy atom. The molecular formula is C11H14N4O2S2. The molecule has 2 rings (SSSR count). The van der Waals surface area contributed by atoms with Crippen molar-refractivity contribution >= 4 is 27.2 Å². The summed E-state index contributed by atoms with van der Waals surface area (Å²) in [7, 11) is -1.77. The van der Waals surface area contributed by atoms with E-state index in [4.69, 9.17) is 0 Å². The Bertz CT molecular complexity index is 653. The molecule has 8 heteroatoms. The number of nitrogens with zero attached hydrogens (tertiary/aromatic N) is 2. The fourth-order valence-corrected chi connectivity index (χ4v) is 4.10. The molecule has 0 aliphatic carbocycles. The van der Waals surface area contributed by atoms with Crippen molar-refractivity contribution in [2.75, 3.05) is 11.8 Å². The van der Waals surface area contributed by atoms with E-state index in [0.717, 1.165) is 10.4 Å². The largest absolute Gasteiger partial charge is 0.315 e. The molecule has 0 aliphatic rings. The third-order valence-electron chi connectivity index (χ3n) is 2.41. The highest BCUT2D eigenvalue weighted by atomic mass is 32.2. The van der Waals surface area contributed by atoms with Crippen LogP contribution < -0.4 is 10.0 Å². The summed E-state index contributed by atoms with van der Waals surface area (Å²) in [4.78, 5) is 1.00. The summed E-state index contributed by atoms with van der Waals surface area (Å²) in [5.41, 5.74) is 0.957. The first-order valence-electron chi connectivity index (χ1n) is 5.57. The molecule has 2 aromatic heterocycles. The third-order valence-corrected chi connectivity index (χ3v) is 5.48. The molecule has 0 spiro atoms. The maximum Gasteiger partial charge on any atom is 0.272 e. The zero-order valence-electron chi connectivity index (χ0n) is 10.5. The monoisotopic (exact) mass is 298 g/mol. The number of aromatic nitrogens is 2. The van der Waals surface area contributed by atoms with Gasteiger partial charge in [0.15, 0.2) is 5.82 Å². The van der Waals surface area contributed by atoms with E-state index in [-0.39, 0.29) is 10.0 Å². The summed E-state index contributed by atoms with van der Waals surface area (Å²) in [5, 5.41) is 10.4. The molecule has 0 bridgehead atoms. The van der Waals surface area contributed by atoms with Gasteiger partial charge in [0.05, 0.1) is 0 Å². The van der Waals surface area contributed by atoms with Gasteiger partial charge in [0, 0.05) is 17.6 Å². The molecule has 0 atom stereocenters. The molecular weight excluding hydrogens is 284 g/mol. The number of hydrogen-bond donors (Lipinski definition) is 2. The smallest absolute Gasteiger partial charge is 0.272 e. The maximum atomic E-state index is 12.2. The van der Waals surface area contributed by atoms with Crippen LogP contribution in [0.2, 0.25) is 0 Å². The van der Waals surface area contributed by atoms with E-state index in [1.54, 1.807) is 18.2 Å². The topological polar surface area (TPSA) is 84.0 Å². The first-order chi connectivity index (χ1) is 9.03. The minimum atomic E-state index is -3.60. The van der Waals surface area contributed by atoms with Crippen LogP contribution in [0.5, 0.6) is 0 Å². The van der Waals surface area contributed by atoms with Crippen LogP contribution in [0.3, 0.4) is 0 Å². The van der Waals surface area contributed by atoms with Crippen molar-refractivity contribution < 1.29 is 8.42 Å². The van der Waals surface area contributed by atoms with E-state index in [9.17, 15) is 8.42 Å². The Labute approximate surface area is 115 Å². The van der Waals surface area contributed by atoms with Crippen LogP contribution >= 0.6 is 11.3 Å². The summed E-state index contributed by atoms with van der Waals surface area (Å²) in [6, 6.07) is 4.84. The van der Waals surface area contributed by atoms with Gasteiger partial charge >= 0.3 is 0 Å². The fraction of sp³-hybridized carbons (Fsp3) is 0.273. The Morgan fingerprint density at radius 1 is 1.42 bits per heavy atom. The van der Waals surface area contributed by atoms with Crippen molar-refractivity contribution in [2.45, 2.75) is 17.7 Å². The molecule has 0 amide bonds. The van der Waals surface area contributed by atoms with Gasteiger partial charge in [-0.05, 0) is 37.7 Å². The second-order valence-corrected chi connectivity index (χ2v) is 6.96. The molecule has 2 N–H and O–H groups in total. The van der Waals surface area contributed by atoms with Crippen LogP contribution in [-0.2, 0) is 16.6 Å². The summed E-state index contributed by atoms with van der Waals surface area (Å²) < 4.78 is 27.0. The van der Waals surface area contributed by atoms with Gasteiger partial charge in [-0.1, -0.05) is 0 Å². The van der Waals surface area contributed by atoms with Gasteiger partial charge < -0.3 is 5.32 Å². The second-order valence-electron chi connectivity index (χ2n) is 3.92. The molecule has 2 aromatic rings. The Kier molecular flexibility index (Phi) is 4.13. The zero-order chi connectivity index (χ0) is 13.9. The van der Waals surface area contributed by atoms with Crippen molar-refractivity contribution in [1.82, 2.24) is 15.5 Å². The lowest BCUT2D eigenvalue weighted by molar-refractivity contribution is 0.603. The number of thiophene rings is 1. The van der Waals surface area contributed by atoms with E-state index in [0.29, 0.717) is 6.54 Å². The summed E-state index contributed by atoms with van der Waals surface area (Å²) in [5.74, 6) is 0.212. The lowest BCUT2D eigenvalue weighted by atomic mass is 10.3. The summed E-state index contributed by atoms with van der Waals surface area (Å²) >= 11 is 1.25. The number of nitrogens with one attached hydrogen (secondary N) is 2. The van der Waals surface area contributed by atoms with E-state index in [2.05, 4.69) is 20.2 Å². The van der Waals surface area contributed by atoms with E-state index in [1.165, 1.54) is 17.5 Å². The molecule has 0 saturated heterocycles. The number of hydrogen-bond acceptors (Lipinski definition) is 6. The highest BCUT2D eigenvalue weighted by Crippen LogP contribution is 2.27. The summed E-state index contributed by atoms with van der Waals surface area (Å²) in [6.45, 7) is 2.54. The average molecular weight is 298 g/mol. The van der Waals surface area contributed by atoms with E-state index < -0.39 is 10.0 Å². The normalized spacial score (nSPS) is 11.5. The quantitative estimate of drug-likeness (QED) is 0.871. The SMILES string of the molecule is CNCc1sc(S(=O)(=O)Nc2cccnn2)cc1C. The Hall–Kier alpha value is -1.51. The molecule has 6 nitrogen and oxygen atoms in total. The molecule has 2 heterocycles. The first kappa shape index (κ1) is 13.9. The summed E-state index contributed by atoms with van der Waals surface area (Å²) in [6.07, 6.45) is 1.48. The predicted molar refractivity (Wildman–Crippen MR) is 74.7 cm³/mol. The standard InChI is InChI=1S/C11H14N4O2S2/c1-8-6-11(18-9(8)7-12-2)19(16,17)15-10-4-3-5-13-14-10/h3-6,12H,7H2,1-2H3,(H,14,15). The molecule has 19 heavy (non-hydrogen) atoms. The van der Waals surface area contributed by atoms with Crippen LogP contribution in [0.1, 0.15) is 10.4 Å². The number of anilines is 1. The van der Waals surface area contributed by atoms with Gasteiger partial charge in [0.2, 0.25) is 0 Å². The first-order valence-corrected chi connectivity index (χ1v) is 7.87. The molecule has 0 aromatic carbocycles. The van der Waals surface area contributed by atoms with Crippen molar-refractivity contribution in [3.63, 3.8) is 0 Å². The molecule has 0 unspecified atom stereocenters. The van der Waals surface area contributed by atoms with Gasteiger partial charge in [0.1, 0.15) is 4.21 Å². The van der Waals surface area contributed by atoms with Crippen molar-refractivity contribution in [2.24, 2.45) is 0 Å². The molecule has 102 valence electrons. The van der Waals surface area contributed by atoms with Crippen LogP contribution in [0, 0.1) is 6.92 Å². The molecule has 0 fully saturated rings. The highest BCUT2D eigenvalue weighted by molar-refractivity contribution is 7.94. The van der Waals surface area contributed by atoms with E-state index in [1.807, 2.05) is 14.0 Å². The minimum Gasteiger partial charge on any atom is -0.315 e. The molecule has 0 aliphatic heterocycles. The van der Waals surface area contributed by atoms with Gasteiger partial charge in [-0.3, -0.25) is 4.72 Å².